The van der Waals surface area contributed by atoms with Gasteiger partial charge in [0.1, 0.15) is 5.75 Å². The number of aliphatic hydroxyl groups excluding tert-OH is 1. The quantitative estimate of drug-likeness (QED) is 0.731. The highest BCUT2D eigenvalue weighted by molar-refractivity contribution is 7.20. The molecule has 1 saturated heterocycles. The van der Waals surface area contributed by atoms with Crippen LogP contribution in [-0.4, -0.2) is 51.5 Å². The first-order valence-corrected chi connectivity index (χ1v) is 9.42. The van der Waals surface area contributed by atoms with E-state index >= 15 is 0 Å². The normalized spacial score (nSPS) is 23.6. The van der Waals surface area contributed by atoms with Gasteiger partial charge in [-0.1, -0.05) is 17.4 Å². The summed E-state index contributed by atoms with van der Waals surface area (Å²) in [7, 11) is 1.67. The van der Waals surface area contributed by atoms with Crippen molar-refractivity contribution in [1.82, 2.24) is 14.6 Å². The van der Waals surface area contributed by atoms with E-state index in [4.69, 9.17) is 15.6 Å². The van der Waals surface area contributed by atoms with Gasteiger partial charge in [0.2, 0.25) is 10.1 Å². The highest BCUT2D eigenvalue weighted by Crippen LogP contribution is 2.34. The average Bonchev–Trinajstić information content (AvgIpc) is 3.18. The third-order valence-electron chi connectivity index (χ3n) is 5.05. The molecule has 1 aliphatic heterocycles. The number of rotatable bonds is 3. The predicted molar refractivity (Wildman–Crippen MR) is 103 cm³/mol. The third-order valence-corrected chi connectivity index (χ3v) is 6.04. The largest absolute Gasteiger partial charge is 0.496 e. The van der Waals surface area contributed by atoms with Crippen molar-refractivity contribution in [3.8, 4) is 17.0 Å². The maximum Gasteiger partial charge on any atom is 0.214 e. The molecule has 4 rings (SSSR count). The van der Waals surface area contributed by atoms with Crippen LogP contribution in [0.5, 0.6) is 5.75 Å². The number of aryl methyl sites for hydroxylation is 1. The lowest BCUT2D eigenvalue weighted by Crippen LogP contribution is -2.59. The van der Waals surface area contributed by atoms with Gasteiger partial charge in [-0.15, -0.1) is 5.10 Å². The Morgan fingerprint density at radius 1 is 1.42 bits per heavy atom. The Bertz CT molecular complexity index is 948. The van der Waals surface area contributed by atoms with Crippen molar-refractivity contribution < 1.29 is 9.84 Å². The Balaban J connectivity index is 1.70. The van der Waals surface area contributed by atoms with E-state index in [1.54, 1.807) is 7.11 Å². The van der Waals surface area contributed by atoms with E-state index in [2.05, 4.69) is 9.88 Å². The van der Waals surface area contributed by atoms with Gasteiger partial charge in [0.25, 0.3) is 0 Å². The first-order valence-electron chi connectivity index (χ1n) is 8.60. The van der Waals surface area contributed by atoms with E-state index in [-0.39, 0.29) is 0 Å². The molecule has 1 fully saturated rings. The number of hydrogen-bond acceptors (Lipinski definition) is 7. The molecule has 0 aliphatic carbocycles. The van der Waals surface area contributed by atoms with Crippen molar-refractivity contribution in [2.24, 2.45) is 5.73 Å². The number of imidazole rings is 1. The van der Waals surface area contributed by atoms with Crippen molar-refractivity contribution >= 4 is 21.4 Å². The second-order valence-corrected chi connectivity index (χ2v) is 8.08. The summed E-state index contributed by atoms with van der Waals surface area (Å²) in [4.78, 5) is 7.40. The van der Waals surface area contributed by atoms with Gasteiger partial charge in [0.15, 0.2) is 0 Å². The molecule has 138 valence electrons. The maximum atomic E-state index is 10.3. The molecule has 26 heavy (non-hydrogen) atoms. The van der Waals surface area contributed by atoms with E-state index in [1.807, 2.05) is 42.8 Å². The lowest BCUT2D eigenvalue weighted by atomic mass is 9.88. The van der Waals surface area contributed by atoms with Gasteiger partial charge in [-0.3, -0.25) is 0 Å². The highest BCUT2D eigenvalue weighted by atomic mass is 32.1. The Morgan fingerprint density at radius 3 is 2.96 bits per heavy atom. The Morgan fingerprint density at radius 2 is 2.23 bits per heavy atom. The monoisotopic (exact) mass is 373 g/mol. The second-order valence-electron chi connectivity index (χ2n) is 7.14. The molecule has 3 heterocycles. The third kappa shape index (κ3) is 2.84. The summed E-state index contributed by atoms with van der Waals surface area (Å²) in [5.74, 6) is 0.800. The molecule has 0 saturated carbocycles. The van der Waals surface area contributed by atoms with Crippen LogP contribution in [0, 0.1) is 6.92 Å². The van der Waals surface area contributed by atoms with Crippen LogP contribution >= 0.6 is 11.3 Å². The van der Waals surface area contributed by atoms with E-state index in [1.165, 1.54) is 11.3 Å². The Kier molecular flexibility index (Phi) is 4.13. The molecule has 0 amide bonds. The molecule has 2 aromatic heterocycles. The van der Waals surface area contributed by atoms with Gasteiger partial charge < -0.3 is 20.5 Å². The van der Waals surface area contributed by atoms with Crippen LogP contribution in [0.15, 0.2) is 24.4 Å². The summed E-state index contributed by atoms with van der Waals surface area (Å²) in [6.07, 6.45) is 1.95. The molecule has 0 unspecified atom stereocenters. The zero-order valence-corrected chi connectivity index (χ0v) is 16.0. The van der Waals surface area contributed by atoms with Crippen LogP contribution in [0.4, 0.5) is 5.13 Å². The average molecular weight is 373 g/mol. The Hall–Kier alpha value is -2.16. The molecule has 3 N–H and O–H groups in total. The summed E-state index contributed by atoms with van der Waals surface area (Å²) >= 11 is 1.51. The number of benzene rings is 1. The van der Waals surface area contributed by atoms with Crippen LogP contribution in [-0.2, 0) is 0 Å². The SMILES string of the molecule is COc1cc(C)ccc1-c1cnc2sc(N3CC[C@](C)(N)[C@@H](O)C3)nn12. The molecule has 0 bridgehead atoms. The number of hydrogen-bond donors (Lipinski definition) is 2. The number of piperidine rings is 1. The van der Waals surface area contributed by atoms with E-state index in [9.17, 15) is 5.11 Å². The zero-order chi connectivity index (χ0) is 18.5. The summed E-state index contributed by atoms with van der Waals surface area (Å²) in [6.45, 7) is 5.17. The minimum atomic E-state index is -0.580. The van der Waals surface area contributed by atoms with Gasteiger partial charge in [0.05, 0.1) is 25.1 Å². The van der Waals surface area contributed by atoms with Crippen LogP contribution in [0.1, 0.15) is 18.9 Å². The minimum absolute atomic E-state index is 0.479. The van der Waals surface area contributed by atoms with E-state index < -0.39 is 11.6 Å². The summed E-state index contributed by atoms with van der Waals surface area (Å²) in [6, 6.07) is 6.08. The maximum absolute atomic E-state index is 10.3. The van der Waals surface area contributed by atoms with Gasteiger partial charge in [0, 0.05) is 24.2 Å². The van der Waals surface area contributed by atoms with E-state index in [0.717, 1.165) is 39.2 Å². The number of methoxy groups -OCH3 is 1. The van der Waals surface area contributed by atoms with Crippen molar-refractivity contribution in [3.63, 3.8) is 0 Å². The molecule has 0 radical (unpaired) electrons. The molecule has 1 aromatic carbocycles. The number of anilines is 1. The van der Waals surface area contributed by atoms with Crippen molar-refractivity contribution in [2.45, 2.75) is 31.9 Å². The first kappa shape index (κ1) is 17.3. The number of fused-ring (bicyclic) bond motifs is 1. The summed E-state index contributed by atoms with van der Waals surface area (Å²) in [5, 5.41) is 15.9. The molecule has 1 aliphatic rings. The molecule has 8 heteroatoms. The number of β-amino-alcohol motifs (C(OH)–C–C–N with tert-alkyl or cyclic N) is 1. The van der Waals surface area contributed by atoms with Crippen LogP contribution < -0.4 is 15.4 Å². The number of ether oxygens (including phenoxy) is 1. The van der Waals surface area contributed by atoms with Crippen molar-refractivity contribution in [1.29, 1.82) is 0 Å². The van der Waals surface area contributed by atoms with Gasteiger partial charge in [-0.25, -0.2) is 9.50 Å². The lowest BCUT2D eigenvalue weighted by Gasteiger charge is -2.40. The summed E-state index contributed by atoms with van der Waals surface area (Å²) in [5.41, 5.74) is 8.57. The number of nitrogens with zero attached hydrogens (tertiary/aromatic N) is 4. The van der Waals surface area contributed by atoms with Gasteiger partial charge in [-0.2, -0.15) is 0 Å². The molecule has 3 aromatic rings. The number of nitrogens with two attached hydrogens (primary N) is 1. The van der Waals surface area contributed by atoms with Crippen LogP contribution in [0.3, 0.4) is 0 Å². The number of aliphatic hydroxyl groups is 1. The van der Waals surface area contributed by atoms with Crippen LogP contribution in [0.2, 0.25) is 0 Å². The Labute approximate surface area is 156 Å². The predicted octanol–water partition coefficient (Wildman–Crippen LogP) is 2.06. The van der Waals surface area contributed by atoms with E-state index in [0.29, 0.717) is 13.0 Å². The molecular formula is C18H23N5O2S. The summed E-state index contributed by atoms with van der Waals surface area (Å²) < 4.78 is 7.38. The number of aromatic nitrogens is 3. The smallest absolute Gasteiger partial charge is 0.214 e. The molecule has 2 atom stereocenters. The van der Waals surface area contributed by atoms with Gasteiger partial charge in [-0.05, 0) is 38.0 Å². The fourth-order valence-corrected chi connectivity index (χ4v) is 4.14. The topological polar surface area (TPSA) is 88.9 Å². The standard InChI is InChI=1S/C18H23N5O2S/c1-11-4-5-12(14(8-11)25-3)13-9-20-16-23(13)21-17(26-16)22-7-6-18(2,19)15(24)10-22/h4-5,8-9,15,24H,6-7,10,19H2,1-3H3/t15-,18-/m0/s1. The molecular weight excluding hydrogens is 350 g/mol. The minimum Gasteiger partial charge on any atom is -0.496 e. The fourth-order valence-electron chi connectivity index (χ4n) is 3.23. The lowest BCUT2D eigenvalue weighted by molar-refractivity contribution is 0.0794. The first-order chi connectivity index (χ1) is 12.4. The molecule has 0 spiro atoms. The fraction of sp³-hybridized carbons (Fsp3) is 0.444. The highest BCUT2D eigenvalue weighted by Gasteiger charge is 2.36. The van der Waals surface area contributed by atoms with Crippen LogP contribution in [0.25, 0.3) is 16.2 Å². The van der Waals surface area contributed by atoms with Crippen molar-refractivity contribution in [3.05, 3.63) is 30.0 Å². The van der Waals surface area contributed by atoms with Crippen molar-refractivity contribution in [2.75, 3.05) is 25.1 Å². The van der Waals surface area contributed by atoms with Gasteiger partial charge >= 0.3 is 0 Å². The second kappa shape index (κ2) is 6.22. The zero-order valence-electron chi connectivity index (χ0n) is 15.1. The molecule has 7 nitrogen and oxygen atoms in total.